The van der Waals surface area contributed by atoms with E-state index in [1.165, 1.54) is 22.3 Å². The molecule has 0 saturated carbocycles. The van der Waals surface area contributed by atoms with Crippen molar-refractivity contribution in [2.45, 2.75) is 46.5 Å². The number of fused-ring (bicyclic) bond motifs is 1. The Hall–Kier alpha value is -1.11. The standard InChI is InChI=1S/C14H18O/c1-8-6-11-13(10(3)9(8)2)12(15)7-14(11,4)5/h6H,7H2,1-5H3. The fraction of sp³-hybridized carbons (Fsp3) is 0.500. The first-order chi connectivity index (χ1) is 6.84. The summed E-state index contributed by atoms with van der Waals surface area (Å²) in [5, 5.41) is 0. The molecule has 0 heterocycles. The molecule has 80 valence electrons. The van der Waals surface area contributed by atoms with Gasteiger partial charge in [-0.3, -0.25) is 4.79 Å². The summed E-state index contributed by atoms with van der Waals surface area (Å²) >= 11 is 0. The first-order valence-electron chi connectivity index (χ1n) is 5.49. The Morgan fingerprint density at radius 3 is 2.33 bits per heavy atom. The summed E-state index contributed by atoms with van der Waals surface area (Å²) in [6, 6.07) is 2.20. The second-order valence-corrected chi connectivity index (χ2v) is 5.35. The molecule has 1 aliphatic carbocycles. The molecule has 0 N–H and O–H groups in total. The van der Waals surface area contributed by atoms with E-state index in [1.807, 2.05) is 0 Å². The van der Waals surface area contributed by atoms with Gasteiger partial charge in [-0.2, -0.15) is 0 Å². The summed E-state index contributed by atoms with van der Waals surface area (Å²) in [7, 11) is 0. The molecule has 0 bridgehead atoms. The summed E-state index contributed by atoms with van der Waals surface area (Å²) in [6.45, 7) is 10.6. The molecule has 0 atom stereocenters. The summed E-state index contributed by atoms with van der Waals surface area (Å²) in [5.41, 5.74) is 6.00. The molecule has 0 aromatic heterocycles. The third-order valence-corrected chi connectivity index (χ3v) is 3.77. The largest absolute Gasteiger partial charge is 0.294 e. The molecule has 0 saturated heterocycles. The highest BCUT2D eigenvalue weighted by Crippen LogP contribution is 2.41. The highest BCUT2D eigenvalue weighted by molar-refractivity contribution is 6.03. The molecule has 2 rings (SSSR count). The number of aryl methyl sites for hydroxylation is 1. The maximum absolute atomic E-state index is 12.0. The van der Waals surface area contributed by atoms with E-state index in [9.17, 15) is 4.79 Å². The third-order valence-electron chi connectivity index (χ3n) is 3.77. The van der Waals surface area contributed by atoms with Crippen LogP contribution in [0.25, 0.3) is 0 Å². The Bertz CT molecular complexity index is 453. The number of hydrogen-bond acceptors (Lipinski definition) is 1. The molecule has 0 amide bonds. The molecule has 0 fully saturated rings. The van der Waals surface area contributed by atoms with Gasteiger partial charge in [0.25, 0.3) is 0 Å². The normalized spacial score (nSPS) is 18.1. The monoisotopic (exact) mass is 202 g/mol. The average molecular weight is 202 g/mol. The van der Waals surface area contributed by atoms with Crippen LogP contribution in [0.1, 0.15) is 52.9 Å². The Labute approximate surface area is 91.5 Å². The maximum Gasteiger partial charge on any atom is 0.164 e. The number of carbonyl (C=O) groups is 1. The molecular weight excluding hydrogens is 184 g/mol. The lowest BCUT2D eigenvalue weighted by atomic mass is 9.84. The van der Waals surface area contributed by atoms with Gasteiger partial charge in [0, 0.05) is 12.0 Å². The molecule has 0 spiro atoms. The van der Waals surface area contributed by atoms with Crippen molar-refractivity contribution in [1.82, 2.24) is 0 Å². The van der Waals surface area contributed by atoms with E-state index in [2.05, 4.69) is 40.7 Å². The molecule has 1 nitrogen and oxygen atoms in total. The molecule has 0 radical (unpaired) electrons. The zero-order chi connectivity index (χ0) is 11.4. The van der Waals surface area contributed by atoms with Gasteiger partial charge >= 0.3 is 0 Å². The van der Waals surface area contributed by atoms with Crippen LogP contribution in [0, 0.1) is 20.8 Å². The van der Waals surface area contributed by atoms with Crippen molar-refractivity contribution in [3.63, 3.8) is 0 Å². The van der Waals surface area contributed by atoms with Crippen molar-refractivity contribution in [2.24, 2.45) is 0 Å². The van der Waals surface area contributed by atoms with Crippen LogP contribution < -0.4 is 0 Å². The Morgan fingerprint density at radius 1 is 1.13 bits per heavy atom. The average Bonchev–Trinajstić information content (AvgIpc) is 2.33. The molecular formula is C14H18O. The van der Waals surface area contributed by atoms with Gasteiger partial charge in [-0.1, -0.05) is 19.9 Å². The zero-order valence-electron chi connectivity index (χ0n) is 10.2. The van der Waals surface area contributed by atoms with Crippen LogP contribution in [-0.4, -0.2) is 5.78 Å². The van der Waals surface area contributed by atoms with Gasteiger partial charge in [0.05, 0.1) is 0 Å². The van der Waals surface area contributed by atoms with Gasteiger partial charge in [0.1, 0.15) is 0 Å². The van der Waals surface area contributed by atoms with Crippen molar-refractivity contribution in [3.05, 3.63) is 33.9 Å². The van der Waals surface area contributed by atoms with Crippen molar-refractivity contribution >= 4 is 5.78 Å². The van der Waals surface area contributed by atoms with E-state index < -0.39 is 0 Å². The van der Waals surface area contributed by atoms with Gasteiger partial charge in [-0.05, 0) is 48.4 Å². The van der Waals surface area contributed by atoms with Crippen LogP contribution in [0.3, 0.4) is 0 Å². The quantitative estimate of drug-likeness (QED) is 0.629. The highest BCUT2D eigenvalue weighted by atomic mass is 16.1. The molecule has 1 aliphatic rings. The highest BCUT2D eigenvalue weighted by Gasteiger charge is 2.37. The fourth-order valence-corrected chi connectivity index (χ4v) is 2.56. The first-order valence-corrected chi connectivity index (χ1v) is 5.49. The SMILES string of the molecule is Cc1cc2c(c(C)c1C)C(=O)CC2(C)C. The Morgan fingerprint density at radius 2 is 1.73 bits per heavy atom. The maximum atomic E-state index is 12.0. The predicted molar refractivity (Wildman–Crippen MR) is 62.6 cm³/mol. The van der Waals surface area contributed by atoms with Gasteiger partial charge in [-0.25, -0.2) is 0 Å². The van der Waals surface area contributed by atoms with Crippen LogP contribution in [-0.2, 0) is 5.41 Å². The van der Waals surface area contributed by atoms with Crippen LogP contribution in [0.5, 0.6) is 0 Å². The lowest BCUT2D eigenvalue weighted by Crippen LogP contribution is -2.13. The van der Waals surface area contributed by atoms with Gasteiger partial charge in [0.2, 0.25) is 0 Å². The minimum absolute atomic E-state index is 0.0234. The Balaban J connectivity index is 2.81. The first kappa shape index (κ1) is 10.4. The van der Waals surface area contributed by atoms with Crippen molar-refractivity contribution in [3.8, 4) is 0 Å². The minimum atomic E-state index is 0.0234. The molecule has 1 heteroatoms. The molecule has 0 unspecified atom stereocenters. The second kappa shape index (κ2) is 2.94. The van der Waals surface area contributed by atoms with Crippen LogP contribution >= 0.6 is 0 Å². The van der Waals surface area contributed by atoms with Gasteiger partial charge in [0.15, 0.2) is 5.78 Å². The number of ketones is 1. The van der Waals surface area contributed by atoms with Crippen LogP contribution in [0.2, 0.25) is 0 Å². The van der Waals surface area contributed by atoms with E-state index >= 15 is 0 Å². The summed E-state index contributed by atoms with van der Waals surface area (Å²) in [5.74, 6) is 0.315. The van der Waals surface area contributed by atoms with Crippen molar-refractivity contribution in [1.29, 1.82) is 0 Å². The lowest BCUT2D eigenvalue weighted by Gasteiger charge is -2.19. The molecule has 1 aromatic rings. The van der Waals surface area contributed by atoms with E-state index in [-0.39, 0.29) is 5.41 Å². The van der Waals surface area contributed by atoms with E-state index in [0.29, 0.717) is 12.2 Å². The summed E-state index contributed by atoms with van der Waals surface area (Å²) in [6.07, 6.45) is 0.659. The lowest BCUT2D eigenvalue weighted by molar-refractivity contribution is 0.0979. The molecule has 0 aliphatic heterocycles. The van der Waals surface area contributed by atoms with Gasteiger partial charge in [-0.15, -0.1) is 0 Å². The number of rotatable bonds is 0. The smallest absolute Gasteiger partial charge is 0.164 e. The number of hydrogen-bond donors (Lipinski definition) is 0. The van der Waals surface area contributed by atoms with Crippen LogP contribution in [0.4, 0.5) is 0 Å². The predicted octanol–water partition coefficient (Wildman–Crippen LogP) is 3.48. The van der Waals surface area contributed by atoms with Crippen LogP contribution in [0.15, 0.2) is 6.07 Å². The van der Waals surface area contributed by atoms with E-state index in [4.69, 9.17) is 0 Å². The topological polar surface area (TPSA) is 17.1 Å². The van der Waals surface area contributed by atoms with Crippen molar-refractivity contribution in [2.75, 3.05) is 0 Å². The summed E-state index contributed by atoms with van der Waals surface area (Å²) in [4.78, 5) is 12.0. The molecule has 15 heavy (non-hydrogen) atoms. The van der Waals surface area contributed by atoms with Crippen molar-refractivity contribution < 1.29 is 4.79 Å². The fourth-order valence-electron chi connectivity index (χ4n) is 2.56. The summed E-state index contributed by atoms with van der Waals surface area (Å²) < 4.78 is 0. The number of benzene rings is 1. The number of carbonyl (C=O) groups excluding carboxylic acids is 1. The minimum Gasteiger partial charge on any atom is -0.294 e. The number of Topliss-reactive ketones (excluding diaryl/α,β-unsaturated/α-hetero) is 1. The third kappa shape index (κ3) is 1.33. The van der Waals surface area contributed by atoms with E-state index in [0.717, 1.165) is 5.56 Å². The van der Waals surface area contributed by atoms with E-state index in [1.54, 1.807) is 0 Å². The van der Waals surface area contributed by atoms with Gasteiger partial charge < -0.3 is 0 Å². The second-order valence-electron chi connectivity index (χ2n) is 5.35. The zero-order valence-corrected chi connectivity index (χ0v) is 10.2. The Kier molecular flexibility index (Phi) is 2.04. The molecule has 1 aromatic carbocycles.